The monoisotopic (exact) mass is 406 g/mol. The van der Waals surface area contributed by atoms with E-state index in [0.29, 0.717) is 51.0 Å². The Morgan fingerprint density at radius 2 is 1.82 bits per heavy atom. The quantitative estimate of drug-likeness (QED) is 0.820. The molecule has 0 atom stereocenters. The summed E-state index contributed by atoms with van der Waals surface area (Å²) in [4.78, 5) is 19.4. The van der Waals surface area contributed by atoms with Gasteiger partial charge in [-0.15, -0.1) is 12.4 Å². The van der Waals surface area contributed by atoms with E-state index in [9.17, 15) is 4.79 Å². The van der Waals surface area contributed by atoms with Crippen molar-refractivity contribution in [3.63, 3.8) is 0 Å². The van der Waals surface area contributed by atoms with Crippen molar-refractivity contribution in [2.75, 3.05) is 26.3 Å². The third-order valence-electron chi connectivity index (χ3n) is 5.74. The van der Waals surface area contributed by atoms with Gasteiger partial charge in [-0.05, 0) is 18.4 Å². The number of amides is 1. The zero-order valence-corrected chi connectivity index (χ0v) is 16.7. The molecule has 1 amide bonds. The lowest BCUT2D eigenvalue weighted by atomic mass is 9.82. The minimum absolute atomic E-state index is 0. The van der Waals surface area contributed by atoms with E-state index in [2.05, 4.69) is 10.1 Å². The van der Waals surface area contributed by atoms with Crippen LogP contribution in [-0.4, -0.2) is 47.3 Å². The van der Waals surface area contributed by atoms with Crippen LogP contribution in [0.5, 0.6) is 0 Å². The van der Waals surface area contributed by atoms with Crippen molar-refractivity contribution in [3.8, 4) is 11.4 Å². The number of halogens is 1. The van der Waals surface area contributed by atoms with E-state index in [1.165, 1.54) is 0 Å². The highest BCUT2D eigenvalue weighted by Crippen LogP contribution is 2.44. The molecule has 1 aliphatic carbocycles. The fourth-order valence-electron chi connectivity index (χ4n) is 4.08. The molecule has 2 aromatic rings. The molecule has 8 heteroatoms. The Labute approximate surface area is 171 Å². The third kappa shape index (κ3) is 4.21. The highest BCUT2D eigenvalue weighted by atomic mass is 35.5. The molecule has 1 aliphatic heterocycles. The van der Waals surface area contributed by atoms with Crippen LogP contribution in [0.3, 0.4) is 0 Å². The van der Waals surface area contributed by atoms with Crippen LogP contribution < -0.4 is 5.73 Å². The molecular formula is C20H27ClN4O3. The molecule has 2 fully saturated rings. The predicted octanol–water partition coefficient (Wildman–Crippen LogP) is 2.68. The molecular weight excluding hydrogens is 380 g/mol. The normalized spacial score (nSPS) is 18.7. The van der Waals surface area contributed by atoms with E-state index >= 15 is 0 Å². The van der Waals surface area contributed by atoms with Gasteiger partial charge in [-0.1, -0.05) is 42.3 Å². The fourth-order valence-corrected chi connectivity index (χ4v) is 4.08. The van der Waals surface area contributed by atoms with Crippen molar-refractivity contribution in [3.05, 3.63) is 35.7 Å². The molecule has 7 nitrogen and oxygen atoms in total. The Morgan fingerprint density at radius 1 is 1.14 bits per heavy atom. The van der Waals surface area contributed by atoms with Gasteiger partial charge in [0.05, 0.1) is 18.6 Å². The molecule has 0 spiro atoms. The van der Waals surface area contributed by atoms with Gasteiger partial charge in [0.25, 0.3) is 0 Å². The maximum absolute atomic E-state index is 12.8. The highest BCUT2D eigenvalue weighted by molar-refractivity contribution is 5.85. The first-order valence-corrected chi connectivity index (χ1v) is 9.69. The van der Waals surface area contributed by atoms with Gasteiger partial charge in [0.1, 0.15) is 0 Å². The fraction of sp³-hybridized carbons (Fsp3) is 0.550. The summed E-state index contributed by atoms with van der Waals surface area (Å²) in [5.74, 6) is 1.32. The zero-order valence-electron chi connectivity index (χ0n) is 15.9. The minimum Gasteiger partial charge on any atom is -0.378 e. The SMILES string of the molecule is Cl.NCc1ccc(-c2noc(C3(CC(=O)N4CCOCC4)CCCC3)n2)cc1. The molecule has 0 unspecified atom stereocenters. The van der Waals surface area contributed by atoms with E-state index in [-0.39, 0.29) is 23.7 Å². The summed E-state index contributed by atoms with van der Waals surface area (Å²) in [6.07, 6.45) is 4.42. The second-order valence-electron chi connectivity index (χ2n) is 7.48. The number of ether oxygens (including phenoxy) is 1. The largest absolute Gasteiger partial charge is 0.378 e. The molecule has 0 bridgehead atoms. The summed E-state index contributed by atoms with van der Waals surface area (Å²) in [6, 6.07) is 7.85. The highest BCUT2D eigenvalue weighted by Gasteiger charge is 2.43. The third-order valence-corrected chi connectivity index (χ3v) is 5.74. The van der Waals surface area contributed by atoms with Gasteiger partial charge in [0.2, 0.25) is 17.6 Å². The van der Waals surface area contributed by atoms with Crippen LogP contribution in [0.4, 0.5) is 0 Å². The van der Waals surface area contributed by atoms with Crippen LogP contribution in [0.25, 0.3) is 11.4 Å². The van der Waals surface area contributed by atoms with Gasteiger partial charge in [-0.25, -0.2) is 0 Å². The molecule has 152 valence electrons. The Morgan fingerprint density at radius 3 is 2.46 bits per heavy atom. The molecule has 28 heavy (non-hydrogen) atoms. The maximum atomic E-state index is 12.8. The average Bonchev–Trinajstić information content (AvgIpc) is 3.39. The first-order valence-electron chi connectivity index (χ1n) is 9.69. The van der Waals surface area contributed by atoms with Crippen LogP contribution in [0.1, 0.15) is 43.6 Å². The number of benzene rings is 1. The van der Waals surface area contributed by atoms with E-state index in [4.69, 9.17) is 15.0 Å². The van der Waals surface area contributed by atoms with Crippen LogP contribution in [0.15, 0.2) is 28.8 Å². The predicted molar refractivity (Wildman–Crippen MR) is 107 cm³/mol. The molecule has 2 N–H and O–H groups in total. The molecule has 2 aliphatic rings. The minimum atomic E-state index is -0.335. The van der Waals surface area contributed by atoms with Crippen LogP contribution in [-0.2, 0) is 21.5 Å². The second-order valence-corrected chi connectivity index (χ2v) is 7.48. The standard InChI is InChI=1S/C20H26N4O3.ClH/c21-14-15-3-5-16(6-4-15)18-22-19(27-23-18)20(7-1-2-8-20)13-17(25)24-9-11-26-12-10-24;/h3-6H,1-2,7-14,21H2;1H. The lowest BCUT2D eigenvalue weighted by Gasteiger charge is -2.31. The molecule has 1 saturated heterocycles. The van der Waals surface area contributed by atoms with Crippen molar-refractivity contribution in [1.29, 1.82) is 0 Å². The van der Waals surface area contributed by atoms with Gasteiger partial charge in [-0.2, -0.15) is 4.98 Å². The number of hydrogen-bond donors (Lipinski definition) is 1. The lowest BCUT2D eigenvalue weighted by Crippen LogP contribution is -2.43. The maximum Gasteiger partial charge on any atom is 0.233 e. The Bertz CT molecular complexity index is 781. The van der Waals surface area contributed by atoms with Gasteiger partial charge in [0.15, 0.2) is 0 Å². The summed E-state index contributed by atoms with van der Waals surface area (Å²) in [5.41, 5.74) is 7.28. The molecule has 2 heterocycles. The Hall–Kier alpha value is -1.96. The molecule has 1 aromatic heterocycles. The van der Waals surface area contributed by atoms with Crippen LogP contribution >= 0.6 is 12.4 Å². The van der Waals surface area contributed by atoms with Crippen molar-refractivity contribution in [2.24, 2.45) is 5.73 Å². The summed E-state index contributed by atoms with van der Waals surface area (Å²) in [7, 11) is 0. The summed E-state index contributed by atoms with van der Waals surface area (Å²) >= 11 is 0. The van der Waals surface area contributed by atoms with Crippen molar-refractivity contribution >= 4 is 18.3 Å². The average molecular weight is 407 g/mol. The number of carbonyl (C=O) groups excluding carboxylic acids is 1. The van der Waals surface area contributed by atoms with Crippen LogP contribution in [0, 0.1) is 0 Å². The van der Waals surface area contributed by atoms with Gasteiger partial charge in [0, 0.05) is 31.6 Å². The summed E-state index contributed by atoms with van der Waals surface area (Å²) < 4.78 is 11.0. The number of hydrogen-bond acceptors (Lipinski definition) is 6. The molecule has 0 radical (unpaired) electrons. The van der Waals surface area contributed by atoms with Crippen molar-refractivity contribution in [1.82, 2.24) is 15.0 Å². The van der Waals surface area contributed by atoms with Gasteiger partial charge < -0.3 is 19.9 Å². The number of nitrogens with zero attached hydrogens (tertiary/aromatic N) is 3. The summed E-state index contributed by atoms with van der Waals surface area (Å²) in [5, 5.41) is 4.19. The Kier molecular flexibility index (Phi) is 6.69. The zero-order chi connectivity index (χ0) is 18.7. The number of aromatic nitrogens is 2. The molecule has 1 saturated carbocycles. The van der Waals surface area contributed by atoms with E-state index < -0.39 is 0 Å². The first-order chi connectivity index (χ1) is 13.2. The summed E-state index contributed by atoms with van der Waals surface area (Å²) in [6.45, 7) is 3.06. The number of rotatable bonds is 5. The van der Waals surface area contributed by atoms with E-state index in [1.807, 2.05) is 29.2 Å². The van der Waals surface area contributed by atoms with Gasteiger partial charge in [-0.3, -0.25) is 4.79 Å². The van der Waals surface area contributed by atoms with E-state index in [0.717, 1.165) is 36.8 Å². The molecule has 1 aromatic carbocycles. The number of carbonyl (C=O) groups is 1. The second kappa shape index (κ2) is 9.03. The van der Waals surface area contributed by atoms with Crippen molar-refractivity contribution < 1.29 is 14.1 Å². The topological polar surface area (TPSA) is 94.5 Å². The lowest BCUT2D eigenvalue weighted by molar-refractivity contribution is -0.136. The van der Waals surface area contributed by atoms with Gasteiger partial charge >= 0.3 is 0 Å². The van der Waals surface area contributed by atoms with Crippen molar-refractivity contribution in [2.45, 2.75) is 44.1 Å². The number of morpholine rings is 1. The molecule has 4 rings (SSSR count). The van der Waals surface area contributed by atoms with E-state index in [1.54, 1.807) is 0 Å². The smallest absolute Gasteiger partial charge is 0.233 e. The Balaban J connectivity index is 0.00000225. The number of nitrogens with two attached hydrogens (primary N) is 1. The first kappa shape index (κ1) is 20.8. The van der Waals surface area contributed by atoms with Crippen LogP contribution in [0.2, 0.25) is 0 Å².